The van der Waals surface area contributed by atoms with Gasteiger partial charge in [-0.15, -0.1) is 0 Å². The van der Waals surface area contributed by atoms with Crippen LogP contribution in [-0.4, -0.2) is 59.3 Å². The lowest BCUT2D eigenvalue weighted by atomic mass is 10.1. The van der Waals surface area contributed by atoms with Crippen LogP contribution in [-0.2, 0) is 0 Å². The maximum absolute atomic E-state index is 11.1. The topological polar surface area (TPSA) is 82.7 Å². The molecule has 0 saturated carbocycles. The third kappa shape index (κ3) is 3.68. The molecule has 7 heteroatoms. The Morgan fingerprint density at radius 3 is 2.48 bits per heavy atom. The highest BCUT2D eigenvalue weighted by molar-refractivity contribution is 5.89. The number of aromatic nitrogens is 2. The fourth-order valence-corrected chi connectivity index (χ4v) is 3.13. The number of anilines is 1. The number of likely N-dealkylation sites (N-methyl/N-ethyl adjacent to an activating group) is 1. The van der Waals surface area contributed by atoms with Crippen molar-refractivity contribution in [2.75, 3.05) is 38.1 Å². The van der Waals surface area contributed by atoms with Crippen LogP contribution in [0, 0.1) is 0 Å². The van der Waals surface area contributed by atoms with Crippen molar-refractivity contribution in [3.05, 3.63) is 54.1 Å². The Morgan fingerprint density at radius 2 is 1.78 bits per heavy atom. The smallest absolute Gasteiger partial charge is 0.335 e. The molecule has 1 aliphatic rings. The number of benzene rings is 2. The van der Waals surface area contributed by atoms with Crippen molar-refractivity contribution >= 4 is 11.7 Å². The van der Waals surface area contributed by atoms with E-state index in [2.05, 4.69) is 39.1 Å². The molecule has 0 atom stereocenters. The molecule has 0 aliphatic carbocycles. The summed E-state index contributed by atoms with van der Waals surface area (Å²) in [5.74, 6) is -0.206. The minimum absolute atomic E-state index is 0.184. The number of carboxylic acids is 1. The fourth-order valence-electron chi connectivity index (χ4n) is 3.13. The van der Waals surface area contributed by atoms with Gasteiger partial charge >= 0.3 is 5.97 Å². The zero-order valence-electron chi connectivity index (χ0n) is 15.0. The molecule has 0 unspecified atom stereocenters. The molecular weight excluding hydrogens is 344 g/mol. The van der Waals surface area contributed by atoms with E-state index in [0.717, 1.165) is 31.7 Å². The first kappa shape index (κ1) is 17.2. The van der Waals surface area contributed by atoms with Crippen molar-refractivity contribution < 1.29 is 14.4 Å². The lowest BCUT2D eigenvalue weighted by Crippen LogP contribution is -2.44. The van der Waals surface area contributed by atoms with E-state index in [0.29, 0.717) is 17.3 Å². The zero-order valence-corrected chi connectivity index (χ0v) is 15.0. The van der Waals surface area contributed by atoms with Crippen LogP contribution in [0.25, 0.3) is 22.8 Å². The molecule has 2 heterocycles. The second-order valence-electron chi connectivity index (χ2n) is 6.65. The van der Waals surface area contributed by atoms with Gasteiger partial charge in [-0.3, -0.25) is 0 Å². The van der Waals surface area contributed by atoms with Gasteiger partial charge in [-0.05, 0) is 49.5 Å². The van der Waals surface area contributed by atoms with E-state index < -0.39 is 5.97 Å². The molecular formula is C20H20N4O3. The molecule has 0 amide bonds. The van der Waals surface area contributed by atoms with Gasteiger partial charge in [0.05, 0.1) is 5.56 Å². The van der Waals surface area contributed by atoms with Gasteiger partial charge in [0.1, 0.15) is 0 Å². The molecule has 0 radical (unpaired) electrons. The molecule has 1 saturated heterocycles. The van der Waals surface area contributed by atoms with Crippen molar-refractivity contribution in [2.24, 2.45) is 0 Å². The van der Waals surface area contributed by atoms with E-state index >= 15 is 0 Å². The first-order valence-electron chi connectivity index (χ1n) is 8.81. The van der Waals surface area contributed by atoms with Crippen molar-refractivity contribution in [1.29, 1.82) is 0 Å². The number of hydrogen-bond donors (Lipinski definition) is 1. The number of nitrogens with zero attached hydrogens (tertiary/aromatic N) is 4. The first-order chi connectivity index (χ1) is 13.1. The normalized spacial score (nSPS) is 15.1. The summed E-state index contributed by atoms with van der Waals surface area (Å²) in [7, 11) is 2.14. The highest BCUT2D eigenvalue weighted by Gasteiger charge is 2.16. The molecule has 138 valence electrons. The minimum Gasteiger partial charge on any atom is -0.478 e. The lowest BCUT2D eigenvalue weighted by Gasteiger charge is -2.34. The Kier molecular flexibility index (Phi) is 4.60. The standard InChI is InChI=1S/C20H20N4O3/c1-23-9-11-24(12-10-23)17-7-5-14(6-8-17)18-21-19(27-22-18)15-3-2-4-16(13-15)20(25)26/h2-8,13H,9-12H2,1H3,(H,25,26). The Hall–Kier alpha value is -3.19. The highest BCUT2D eigenvalue weighted by atomic mass is 16.5. The van der Waals surface area contributed by atoms with Crippen LogP contribution in [0.2, 0.25) is 0 Å². The predicted octanol–water partition coefficient (Wildman–Crippen LogP) is 2.85. The third-order valence-electron chi connectivity index (χ3n) is 4.78. The fraction of sp³-hybridized carbons (Fsp3) is 0.250. The Balaban J connectivity index is 1.53. The Morgan fingerprint density at radius 1 is 1.04 bits per heavy atom. The van der Waals surface area contributed by atoms with E-state index in [9.17, 15) is 4.79 Å². The average molecular weight is 364 g/mol. The number of hydrogen-bond acceptors (Lipinski definition) is 6. The van der Waals surface area contributed by atoms with Crippen molar-refractivity contribution in [3.63, 3.8) is 0 Å². The van der Waals surface area contributed by atoms with E-state index in [1.807, 2.05) is 12.1 Å². The Labute approximate surface area is 156 Å². The summed E-state index contributed by atoms with van der Waals surface area (Å²) >= 11 is 0. The van der Waals surface area contributed by atoms with Crippen molar-refractivity contribution in [3.8, 4) is 22.8 Å². The number of rotatable bonds is 4. The van der Waals surface area contributed by atoms with Crippen LogP contribution in [0.15, 0.2) is 53.1 Å². The number of carbonyl (C=O) groups is 1. The van der Waals surface area contributed by atoms with Crippen LogP contribution in [0.3, 0.4) is 0 Å². The van der Waals surface area contributed by atoms with Crippen molar-refractivity contribution in [2.45, 2.75) is 0 Å². The number of piperazine rings is 1. The minimum atomic E-state index is -0.990. The summed E-state index contributed by atoms with van der Waals surface area (Å²) in [5.41, 5.74) is 2.81. The number of aromatic carboxylic acids is 1. The van der Waals surface area contributed by atoms with E-state index in [1.54, 1.807) is 12.1 Å². The summed E-state index contributed by atoms with van der Waals surface area (Å²) in [5, 5.41) is 13.1. The van der Waals surface area contributed by atoms with Crippen LogP contribution >= 0.6 is 0 Å². The number of carboxylic acid groups (broad SMARTS) is 1. The van der Waals surface area contributed by atoms with Gasteiger partial charge in [0.2, 0.25) is 5.82 Å². The molecule has 1 fully saturated rings. The predicted molar refractivity (Wildman–Crippen MR) is 102 cm³/mol. The van der Waals surface area contributed by atoms with Gasteiger partial charge in [-0.25, -0.2) is 4.79 Å². The van der Waals surface area contributed by atoms with Crippen LogP contribution in [0.5, 0.6) is 0 Å². The summed E-state index contributed by atoms with van der Waals surface area (Å²) in [6.07, 6.45) is 0. The summed E-state index contributed by atoms with van der Waals surface area (Å²) in [6.45, 7) is 4.15. The largest absolute Gasteiger partial charge is 0.478 e. The van der Waals surface area contributed by atoms with Gasteiger partial charge in [-0.2, -0.15) is 4.98 Å². The molecule has 1 aliphatic heterocycles. The van der Waals surface area contributed by atoms with Crippen LogP contribution < -0.4 is 4.90 Å². The summed E-state index contributed by atoms with van der Waals surface area (Å²) in [4.78, 5) is 20.2. The Bertz CT molecular complexity index is 944. The van der Waals surface area contributed by atoms with E-state index in [4.69, 9.17) is 9.63 Å². The second-order valence-corrected chi connectivity index (χ2v) is 6.65. The van der Waals surface area contributed by atoms with Gasteiger partial charge in [0.15, 0.2) is 0 Å². The van der Waals surface area contributed by atoms with Crippen LogP contribution in [0.1, 0.15) is 10.4 Å². The molecule has 7 nitrogen and oxygen atoms in total. The van der Waals surface area contributed by atoms with Crippen LogP contribution in [0.4, 0.5) is 5.69 Å². The maximum Gasteiger partial charge on any atom is 0.335 e. The van der Waals surface area contributed by atoms with Gasteiger partial charge in [0, 0.05) is 43.0 Å². The lowest BCUT2D eigenvalue weighted by molar-refractivity contribution is 0.0697. The second kappa shape index (κ2) is 7.20. The first-order valence-corrected chi connectivity index (χ1v) is 8.81. The monoisotopic (exact) mass is 364 g/mol. The molecule has 0 spiro atoms. The molecule has 3 aromatic rings. The summed E-state index contributed by atoms with van der Waals surface area (Å²) < 4.78 is 5.33. The molecule has 2 aromatic carbocycles. The molecule has 4 rings (SSSR count). The molecule has 1 N–H and O–H groups in total. The van der Waals surface area contributed by atoms with Gasteiger partial charge in [0.25, 0.3) is 5.89 Å². The third-order valence-corrected chi connectivity index (χ3v) is 4.78. The van der Waals surface area contributed by atoms with Crippen molar-refractivity contribution in [1.82, 2.24) is 15.0 Å². The SMILES string of the molecule is CN1CCN(c2ccc(-c3noc(-c4cccc(C(=O)O)c4)n3)cc2)CC1. The maximum atomic E-state index is 11.1. The van der Waals surface area contributed by atoms with E-state index in [1.165, 1.54) is 17.8 Å². The molecule has 27 heavy (non-hydrogen) atoms. The quantitative estimate of drug-likeness (QED) is 0.762. The summed E-state index contributed by atoms with van der Waals surface area (Å²) in [6, 6.07) is 14.6. The van der Waals surface area contributed by atoms with E-state index in [-0.39, 0.29) is 5.56 Å². The zero-order chi connectivity index (χ0) is 18.8. The highest BCUT2D eigenvalue weighted by Crippen LogP contribution is 2.25. The molecule has 1 aromatic heterocycles. The van der Waals surface area contributed by atoms with Gasteiger partial charge < -0.3 is 19.4 Å². The van der Waals surface area contributed by atoms with Gasteiger partial charge in [-0.1, -0.05) is 11.2 Å². The molecule has 0 bridgehead atoms. The average Bonchev–Trinajstić information content (AvgIpc) is 3.19.